The summed E-state index contributed by atoms with van der Waals surface area (Å²) >= 11 is 0. The molecule has 2 atom stereocenters. The molecular formula is C8H16N2O4S. The van der Waals surface area contributed by atoms with Crippen LogP contribution in [0.15, 0.2) is 0 Å². The number of nitrogens with zero attached hydrogens (tertiary/aromatic N) is 1. The van der Waals surface area contributed by atoms with Gasteiger partial charge < -0.3 is 10.4 Å². The molecule has 1 aliphatic heterocycles. The molecule has 0 saturated carbocycles. The highest BCUT2D eigenvalue weighted by Gasteiger charge is 2.35. The lowest BCUT2D eigenvalue weighted by atomic mass is 10.0. The fourth-order valence-electron chi connectivity index (χ4n) is 1.82. The van der Waals surface area contributed by atoms with E-state index < -0.39 is 22.0 Å². The lowest BCUT2D eigenvalue weighted by molar-refractivity contribution is -0.138. The van der Waals surface area contributed by atoms with Crippen LogP contribution in [-0.4, -0.2) is 55.2 Å². The second-order valence-corrected chi connectivity index (χ2v) is 5.72. The zero-order valence-electron chi connectivity index (χ0n) is 8.80. The highest BCUT2D eigenvalue weighted by Crippen LogP contribution is 2.16. The van der Waals surface area contributed by atoms with Gasteiger partial charge in [0.2, 0.25) is 10.0 Å². The fraction of sp³-hybridized carbons (Fsp3) is 0.875. The lowest BCUT2D eigenvalue weighted by Gasteiger charge is -2.38. The molecule has 15 heavy (non-hydrogen) atoms. The number of nitrogens with one attached hydrogen (secondary N) is 1. The van der Waals surface area contributed by atoms with Crippen molar-refractivity contribution in [2.75, 3.05) is 19.3 Å². The maximum absolute atomic E-state index is 11.4. The number of aliphatic carboxylic acids is 1. The van der Waals surface area contributed by atoms with E-state index in [4.69, 9.17) is 5.11 Å². The molecule has 1 rings (SSSR count). The van der Waals surface area contributed by atoms with Crippen molar-refractivity contribution in [1.82, 2.24) is 9.62 Å². The number of piperazine rings is 1. The summed E-state index contributed by atoms with van der Waals surface area (Å²) in [5.74, 6) is -0.982. The SMILES string of the molecule is C[C@@H]1NCCN(S(C)(=O)=O)[C@@H]1CC(=O)O. The molecule has 2 N–H and O–H groups in total. The van der Waals surface area contributed by atoms with Gasteiger partial charge in [0.05, 0.1) is 18.7 Å². The van der Waals surface area contributed by atoms with Crippen LogP contribution in [-0.2, 0) is 14.8 Å². The van der Waals surface area contributed by atoms with E-state index in [1.807, 2.05) is 0 Å². The van der Waals surface area contributed by atoms with Gasteiger partial charge in [-0.05, 0) is 6.92 Å². The van der Waals surface area contributed by atoms with Gasteiger partial charge in [0.25, 0.3) is 0 Å². The van der Waals surface area contributed by atoms with E-state index >= 15 is 0 Å². The normalized spacial score (nSPS) is 28.9. The number of carbonyl (C=O) groups is 1. The minimum Gasteiger partial charge on any atom is -0.481 e. The van der Waals surface area contributed by atoms with Gasteiger partial charge in [0.1, 0.15) is 0 Å². The molecule has 1 fully saturated rings. The number of hydrogen-bond donors (Lipinski definition) is 2. The van der Waals surface area contributed by atoms with Crippen LogP contribution in [0.2, 0.25) is 0 Å². The van der Waals surface area contributed by atoms with Crippen LogP contribution >= 0.6 is 0 Å². The third-order valence-electron chi connectivity index (χ3n) is 2.56. The summed E-state index contributed by atoms with van der Waals surface area (Å²) in [6.07, 6.45) is 0.946. The first-order chi connectivity index (χ1) is 6.82. The molecule has 0 radical (unpaired) electrons. The lowest BCUT2D eigenvalue weighted by Crippen LogP contribution is -2.58. The van der Waals surface area contributed by atoms with Crippen molar-refractivity contribution in [2.45, 2.75) is 25.4 Å². The van der Waals surface area contributed by atoms with E-state index in [-0.39, 0.29) is 12.5 Å². The molecule has 7 heteroatoms. The third-order valence-corrected chi connectivity index (χ3v) is 3.86. The minimum absolute atomic E-state index is 0.135. The Balaban J connectivity index is 2.87. The number of sulfonamides is 1. The Morgan fingerprint density at radius 3 is 2.67 bits per heavy atom. The van der Waals surface area contributed by atoms with Crippen LogP contribution in [0.1, 0.15) is 13.3 Å². The number of hydrogen-bond acceptors (Lipinski definition) is 4. The van der Waals surface area contributed by atoms with Gasteiger partial charge in [-0.15, -0.1) is 0 Å². The van der Waals surface area contributed by atoms with Crippen molar-refractivity contribution < 1.29 is 18.3 Å². The number of carboxylic acid groups (broad SMARTS) is 1. The Morgan fingerprint density at radius 2 is 2.20 bits per heavy atom. The van der Waals surface area contributed by atoms with Crippen molar-refractivity contribution in [3.8, 4) is 0 Å². The van der Waals surface area contributed by atoms with Gasteiger partial charge in [-0.1, -0.05) is 0 Å². The largest absolute Gasteiger partial charge is 0.481 e. The standard InChI is InChI=1S/C8H16N2O4S/c1-6-7(5-8(11)12)10(4-3-9-6)15(2,13)14/h6-7,9H,3-5H2,1-2H3,(H,11,12)/t6-,7+/m0/s1. The molecule has 0 spiro atoms. The molecule has 0 aromatic rings. The van der Waals surface area contributed by atoms with Crippen LogP contribution in [0.3, 0.4) is 0 Å². The third kappa shape index (κ3) is 3.15. The van der Waals surface area contributed by atoms with Crippen molar-refractivity contribution in [1.29, 1.82) is 0 Å². The minimum atomic E-state index is -3.32. The molecule has 1 aliphatic rings. The second kappa shape index (κ2) is 4.46. The monoisotopic (exact) mass is 236 g/mol. The Hall–Kier alpha value is -0.660. The van der Waals surface area contributed by atoms with Crippen LogP contribution in [0.5, 0.6) is 0 Å². The molecule has 0 bridgehead atoms. The van der Waals surface area contributed by atoms with Gasteiger partial charge in [0.15, 0.2) is 0 Å². The van der Waals surface area contributed by atoms with Gasteiger partial charge in [-0.3, -0.25) is 4.79 Å². The summed E-state index contributed by atoms with van der Waals surface area (Å²) in [4.78, 5) is 10.6. The van der Waals surface area contributed by atoms with E-state index in [0.717, 1.165) is 6.26 Å². The average Bonchev–Trinajstić information content (AvgIpc) is 2.05. The first kappa shape index (κ1) is 12.4. The Morgan fingerprint density at radius 1 is 1.60 bits per heavy atom. The van der Waals surface area contributed by atoms with E-state index in [2.05, 4.69) is 5.32 Å². The highest BCUT2D eigenvalue weighted by molar-refractivity contribution is 7.88. The Bertz CT molecular complexity index is 341. The summed E-state index contributed by atoms with van der Waals surface area (Å²) in [6.45, 7) is 2.69. The quantitative estimate of drug-likeness (QED) is 0.662. The summed E-state index contributed by atoms with van der Waals surface area (Å²) in [6, 6.07) is -0.629. The topological polar surface area (TPSA) is 86.7 Å². The summed E-state index contributed by atoms with van der Waals surface area (Å²) in [5.41, 5.74) is 0. The van der Waals surface area contributed by atoms with Gasteiger partial charge in [-0.25, -0.2) is 8.42 Å². The van der Waals surface area contributed by atoms with E-state index in [9.17, 15) is 13.2 Å². The molecule has 0 aromatic carbocycles. The molecule has 6 nitrogen and oxygen atoms in total. The summed E-state index contributed by atoms with van der Waals surface area (Å²) in [5, 5.41) is 11.8. The highest BCUT2D eigenvalue weighted by atomic mass is 32.2. The zero-order valence-corrected chi connectivity index (χ0v) is 9.62. The maximum Gasteiger partial charge on any atom is 0.305 e. The van der Waals surface area contributed by atoms with Crippen LogP contribution in [0.25, 0.3) is 0 Å². The molecule has 0 unspecified atom stereocenters. The second-order valence-electron chi connectivity index (χ2n) is 3.78. The van der Waals surface area contributed by atoms with Crippen molar-refractivity contribution in [2.24, 2.45) is 0 Å². The van der Waals surface area contributed by atoms with Crippen LogP contribution in [0.4, 0.5) is 0 Å². The Kier molecular flexibility index (Phi) is 3.69. The zero-order chi connectivity index (χ0) is 11.6. The van der Waals surface area contributed by atoms with Crippen molar-refractivity contribution >= 4 is 16.0 Å². The Labute approximate surface area is 89.3 Å². The van der Waals surface area contributed by atoms with Crippen LogP contribution < -0.4 is 5.32 Å². The van der Waals surface area contributed by atoms with Crippen molar-refractivity contribution in [3.05, 3.63) is 0 Å². The van der Waals surface area contributed by atoms with E-state index in [1.54, 1.807) is 6.92 Å². The molecule has 0 aliphatic carbocycles. The fourth-order valence-corrected chi connectivity index (χ4v) is 2.99. The molecule has 1 saturated heterocycles. The number of carboxylic acids is 1. The summed E-state index contributed by atoms with van der Waals surface area (Å²) in [7, 11) is -3.32. The van der Waals surface area contributed by atoms with Gasteiger partial charge in [0, 0.05) is 19.1 Å². The van der Waals surface area contributed by atoms with Crippen molar-refractivity contribution in [3.63, 3.8) is 0 Å². The first-order valence-electron chi connectivity index (χ1n) is 4.74. The predicted octanol–water partition coefficient (Wildman–Crippen LogP) is -0.917. The predicted molar refractivity (Wildman–Crippen MR) is 55.1 cm³/mol. The molecular weight excluding hydrogens is 220 g/mol. The molecule has 0 amide bonds. The molecule has 88 valence electrons. The average molecular weight is 236 g/mol. The number of rotatable bonds is 3. The first-order valence-corrected chi connectivity index (χ1v) is 6.59. The van der Waals surface area contributed by atoms with Crippen LogP contribution in [0, 0.1) is 0 Å². The molecule has 0 aromatic heterocycles. The smallest absolute Gasteiger partial charge is 0.305 e. The summed E-state index contributed by atoms with van der Waals surface area (Å²) < 4.78 is 24.1. The molecule has 1 heterocycles. The maximum atomic E-state index is 11.4. The van der Waals surface area contributed by atoms with E-state index in [0.29, 0.717) is 13.1 Å². The van der Waals surface area contributed by atoms with Gasteiger partial charge >= 0.3 is 5.97 Å². The van der Waals surface area contributed by atoms with Gasteiger partial charge in [-0.2, -0.15) is 4.31 Å². The van der Waals surface area contributed by atoms with E-state index in [1.165, 1.54) is 4.31 Å².